The number of Topliss-reactive ketones (excluding diaryl/α,β-unsaturated/α-hetero) is 1. The minimum Gasteiger partial charge on any atom is -0.298 e. The van der Waals surface area contributed by atoms with Gasteiger partial charge in [0.05, 0.1) is 0 Å². The first-order valence-electron chi connectivity index (χ1n) is 7.10. The molecule has 1 saturated carbocycles. The van der Waals surface area contributed by atoms with E-state index in [4.69, 9.17) is 0 Å². The highest BCUT2D eigenvalue weighted by Gasteiger charge is 2.32. The van der Waals surface area contributed by atoms with Gasteiger partial charge in [0.15, 0.2) is 0 Å². The van der Waals surface area contributed by atoms with Crippen molar-refractivity contribution in [3.8, 4) is 0 Å². The summed E-state index contributed by atoms with van der Waals surface area (Å²) in [5.74, 6) is 0.505. The van der Waals surface area contributed by atoms with Crippen LogP contribution in [-0.2, 0) is 4.79 Å². The predicted octanol–water partition coefficient (Wildman–Crippen LogP) is 5.07. The molecule has 2 unspecified atom stereocenters. The Bertz CT molecular complexity index is 589. The summed E-state index contributed by atoms with van der Waals surface area (Å²) in [5.41, 5.74) is 2.32. The third-order valence-electron chi connectivity index (χ3n) is 4.15. The Balaban J connectivity index is 1.87. The summed E-state index contributed by atoms with van der Waals surface area (Å²) in [5, 5.41) is 0. The summed E-state index contributed by atoms with van der Waals surface area (Å²) >= 11 is 3.45. The van der Waals surface area contributed by atoms with Gasteiger partial charge in [-0.3, -0.25) is 4.79 Å². The third-order valence-corrected chi connectivity index (χ3v) is 4.68. The zero-order valence-corrected chi connectivity index (χ0v) is 12.8. The highest BCUT2D eigenvalue weighted by molar-refractivity contribution is 9.10. The van der Waals surface area contributed by atoms with Crippen molar-refractivity contribution < 1.29 is 4.79 Å². The first kappa shape index (κ1) is 13.6. The van der Waals surface area contributed by atoms with Crippen molar-refractivity contribution >= 4 is 21.7 Å². The minimum atomic E-state index is 0.0575. The van der Waals surface area contributed by atoms with E-state index >= 15 is 0 Å². The van der Waals surface area contributed by atoms with Crippen molar-refractivity contribution in [1.82, 2.24) is 0 Å². The number of rotatable bonds is 2. The summed E-state index contributed by atoms with van der Waals surface area (Å²) in [6, 6.07) is 18.4. The van der Waals surface area contributed by atoms with Gasteiger partial charge in [-0.1, -0.05) is 64.8 Å². The summed E-state index contributed by atoms with van der Waals surface area (Å²) < 4.78 is 1.06. The molecule has 0 radical (unpaired) electrons. The van der Waals surface area contributed by atoms with E-state index in [-0.39, 0.29) is 11.8 Å². The van der Waals surface area contributed by atoms with E-state index in [1.54, 1.807) is 0 Å². The van der Waals surface area contributed by atoms with Gasteiger partial charge in [0.25, 0.3) is 0 Å². The number of hydrogen-bond acceptors (Lipinski definition) is 1. The van der Waals surface area contributed by atoms with Crippen LogP contribution >= 0.6 is 15.9 Å². The second kappa shape index (κ2) is 5.92. The highest BCUT2D eigenvalue weighted by atomic mass is 79.9. The summed E-state index contributed by atoms with van der Waals surface area (Å²) in [6.07, 6.45) is 3.08. The molecule has 0 N–H and O–H groups in total. The Morgan fingerprint density at radius 1 is 0.800 bits per heavy atom. The van der Waals surface area contributed by atoms with E-state index in [0.717, 1.165) is 29.3 Å². The number of hydrogen-bond donors (Lipinski definition) is 0. The van der Waals surface area contributed by atoms with Gasteiger partial charge in [-0.2, -0.15) is 0 Å². The number of ketones is 1. The number of carbonyl (C=O) groups excluding carboxylic acids is 1. The Labute approximate surface area is 128 Å². The maximum atomic E-state index is 12.8. The Kier molecular flexibility index (Phi) is 4.02. The molecule has 1 nitrogen and oxygen atoms in total. The Morgan fingerprint density at radius 3 is 1.95 bits per heavy atom. The van der Waals surface area contributed by atoms with E-state index in [2.05, 4.69) is 40.2 Å². The topological polar surface area (TPSA) is 17.1 Å². The third kappa shape index (κ3) is 2.71. The second-order valence-corrected chi connectivity index (χ2v) is 6.32. The molecular weight excluding hydrogens is 312 g/mol. The van der Waals surface area contributed by atoms with E-state index in [0.29, 0.717) is 5.78 Å². The van der Waals surface area contributed by atoms with E-state index in [9.17, 15) is 4.79 Å². The molecule has 0 spiro atoms. The van der Waals surface area contributed by atoms with Crippen LogP contribution in [0.5, 0.6) is 0 Å². The number of carbonyl (C=O) groups is 1. The summed E-state index contributed by atoms with van der Waals surface area (Å²) in [4.78, 5) is 12.8. The first-order chi connectivity index (χ1) is 9.75. The molecule has 102 valence electrons. The van der Waals surface area contributed by atoms with Crippen molar-refractivity contribution in [2.75, 3.05) is 0 Å². The zero-order chi connectivity index (χ0) is 13.9. The predicted molar refractivity (Wildman–Crippen MR) is 84.9 cm³/mol. The molecule has 20 heavy (non-hydrogen) atoms. The molecule has 0 amide bonds. The van der Waals surface area contributed by atoms with E-state index < -0.39 is 0 Å². The molecule has 0 bridgehead atoms. The minimum absolute atomic E-state index is 0.0575. The van der Waals surface area contributed by atoms with Crippen LogP contribution in [0.1, 0.15) is 42.2 Å². The SMILES string of the molecule is O=C1C(c2ccccc2)CCCC1c1ccc(Br)cc1. The fraction of sp³-hybridized carbons (Fsp3) is 0.278. The largest absolute Gasteiger partial charge is 0.298 e. The van der Waals surface area contributed by atoms with Crippen molar-refractivity contribution in [3.63, 3.8) is 0 Å². The Hall–Kier alpha value is -1.41. The van der Waals surface area contributed by atoms with Crippen LogP contribution in [0, 0.1) is 0 Å². The van der Waals surface area contributed by atoms with Gasteiger partial charge in [0, 0.05) is 16.3 Å². The average molecular weight is 329 g/mol. The molecule has 0 saturated heterocycles. The lowest BCUT2D eigenvalue weighted by molar-refractivity contribution is -0.123. The van der Waals surface area contributed by atoms with Crippen molar-refractivity contribution in [2.45, 2.75) is 31.1 Å². The molecule has 2 atom stereocenters. The van der Waals surface area contributed by atoms with Gasteiger partial charge in [-0.15, -0.1) is 0 Å². The van der Waals surface area contributed by atoms with Crippen LogP contribution in [-0.4, -0.2) is 5.78 Å². The maximum absolute atomic E-state index is 12.8. The smallest absolute Gasteiger partial charge is 0.147 e. The normalized spacial score (nSPS) is 22.8. The first-order valence-corrected chi connectivity index (χ1v) is 7.89. The zero-order valence-electron chi connectivity index (χ0n) is 11.3. The van der Waals surface area contributed by atoms with Crippen LogP contribution in [0.2, 0.25) is 0 Å². The maximum Gasteiger partial charge on any atom is 0.147 e. The van der Waals surface area contributed by atoms with Crippen LogP contribution in [0.25, 0.3) is 0 Å². The van der Waals surface area contributed by atoms with Crippen LogP contribution < -0.4 is 0 Å². The molecular formula is C18H17BrO. The fourth-order valence-electron chi connectivity index (χ4n) is 3.10. The highest BCUT2D eigenvalue weighted by Crippen LogP contribution is 2.38. The van der Waals surface area contributed by atoms with Crippen molar-refractivity contribution in [2.24, 2.45) is 0 Å². The lowest BCUT2D eigenvalue weighted by atomic mass is 9.74. The second-order valence-electron chi connectivity index (χ2n) is 5.40. The van der Waals surface area contributed by atoms with Gasteiger partial charge in [-0.25, -0.2) is 0 Å². The van der Waals surface area contributed by atoms with Crippen LogP contribution in [0.4, 0.5) is 0 Å². The van der Waals surface area contributed by atoms with Gasteiger partial charge >= 0.3 is 0 Å². The van der Waals surface area contributed by atoms with Gasteiger partial charge in [0.1, 0.15) is 5.78 Å². The molecule has 0 aliphatic heterocycles. The quantitative estimate of drug-likeness (QED) is 0.752. The Morgan fingerprint density at radius 2 is 1.35 bits per heavy atom. The number of benzene rings is 2. The van der Waals surface area contributed by atoms with Crippen molar-refractivity contribution in [3.05, 3.63) is 70.2 Å². The van der Waals surface area contributed by atoms with Gasteiger partial charge in [0.2, 0.25) is 0 Å². The molecule has 1 fully saturated rings. The van der Waals surface area contributed by atoms with Gasteiger partial charge in [-0.05, 0) is 36.1 Å². The van der Waals surface area contributed by atoms with Crippen molar-refractivity contribution in [1.29, 1.82) is 0 Å². The standard InChI is InChI=1S/C18H17BrO/c19-15-11-9-14(10-12-15)17-8-4-7-16(18(17)20)13-5-2-1-3-6-13/h1-3,5-6,9-12,16-17H,4,7-8H2. The average Bonchev–Trinajstić information content (AvgIpc) is 2.49. The number of halogens is 1. The molecule has 2 heteroatoms. The molecule has 1 aliphatic carbocycles. The molecule has 3 rings (SSSR count). The lowest BCUT2D eigenvalue weighted by Gasteiger charge is -2.28. The summed E-state index contributed by atoms with van der Waals surface area (Å²) in [7, 11) is 0. The molecule has 0 heterocycles. The molecule has 2 aromatic carbocycles. The van der Waals surface area contributed by atoms with Crippen LogP contribution in [0.3, 0.4) is 0 Å². The fourth-order valence-corrected chi connectivity index (χ4v) is 3.36. The monoisotopic (exact) mass is 328 g/mol. The van der Waals surface area contributed by atoms with Crippen LogP contribution in [0.15, 0.2) is 59.1 Å². The van der Waals surface area contributed by atoms with E-state index in [1.165, 1.54) is 5.56 Å². The molecule has 1 aliphatic rings. The lowest BCUT2D eigenvalue weighted by Crippen LogP contribution is -2.25. The molecule has 2 aromatic rings. The van der Waals surface area contributed by atoms with E-state index in [1.807, 2.05) is 30.3 Å². The van der Waals surface area contributed by atoms with Gasteiger partial charge < -0.3 is 0 Å². The summed E-state index contributed by atoms with van der Waals surface area (Å²) in [6.45, 7) is 0. The molecule has 0 aromatic heterocycles.